The smallest absolute Gasteiger partial charge is 0.273 e. The molecule has 0 saturated carbocycles. The molecule has 120 valence electrons. The monoisotopic (exact) mass is 352 g/mol. The number of amides is 1. The fourth-order valence-corrected chi connectivity index (χ4v) is 3.30. The van der Waals surface area contributed by atoms with Crippen molar-refractivity contribution in [2.24, 2.45) is 10.9 Å². The van der Waals surface area contributed by atoms with Crippen LogP contribution in [-0.4, -0.2) is 22.6 Å². The predicted octanol–water partition coefficient (Wildman–Crippen LogP) is 2.95. The SMILES string of the molecule is NN=CNC(=O)c1cc2c(Cl)c(Cl)cc3c2n1CCCCC3=O. The Hall–Kier alpha value is -2.05. The average Bonchev–Trinajstić information content (AvgIpc) is 2.90. The number of halogens is 2. The van der Waals surface area contributed by atoms with E-state index in [0.717, 1.165) is 19.2 Å². The van der Waals surface area contributed by atoms with E-state index in [0.29, 0.717) is 45.2 Å². The Bertz CT molecular complexity index is 842. The molecule has 3 rings (SSSR count). The van der Waals surface area contributed by atoms with E-state index in [1.165, 1.54) is 0 Å². The van der Waals surface area contributed by atoms with Crippen molar-refractivity contribution >= 4 is 52.1 Å². The van der Waals surface area contributed by atoms with Crippen LogP contribution in [0.15, 0.2) is 17.2 Å². The fourth-order valence-electron chi connectivity index (χ4n) is 2.89. The molecule has 1 aliphatic rings. The lowest BCUT2D eigenvalue weighted by Gasteiger charge is -2.16. The van der Waals surface area contributed by atoms with Gasteiger partial charge >= 0.3 is 0 Å². The first-order chi connectivity index (χ1) is 11.0. The number of carbonyl (C=O) groups excluding carboxylic acids is 2. The summed E-state index contributed by atoms with van der Waals surface area (Å²) in [5.41, 5.74) is 1.54. The first-order valence-electron chi connectivity index (χ1n) is 7.11. The normalized spacial score (nSPS) is 15.0. The third-order valence-corrected chi connectivity index (χ3v) is 4.71. The lowest BCUT2D eigenvalue weighted by molar-refractivity contribution is 0.0958. The van der Waals surface area contributed by atoms with Crippen molar-refractivity contribution in [1.29, 1.82) is 0 Å². The Balaban J connectivity index is 2.30. The molecule has 0 radical (unpaired) electrons. The van der Waals surface area contributed by atoms with E-state index in [2.05, 4.69) is 10.4 Å². The molecule has 1 aromatic carbocycles. The van der Waals surface area contributed by atoms with Gasteiger partial charge in [0.15, 0.2) is 5.78 Å². The van der Waals surface area contributed by atoms with Gasteiger partial charge in [-0.2, -0.15) is 5.10 Å². The van der Waals surface area contributed by atoms with E-state index in [-0.39, 0.29) is 11.7 Å². The number of aromatic nitrogens is 1. The van der Waals surface area contributed by atoms with Crippen LogP contribution in [-0.2, 0) is 6.54 Å². The number of nitrogens with two attached hydrogens (primary N) is 1. The maximum atomic E-state index is 12.4. The molecule has 0 saturated heterocycles. The van der Waals surface area contributed by atoms with E-state index in [9.17, 15) is 9.59 Å². The maximum Gasteiger partial charge on any atom is 0.273 e. The number of nitrogens with one attached hydrogen (secondary N) is 1. The molecule has 6 nitrogen and oxygen atoms in total. The van der Waals surface area contributed by atoms with Crippen molar-refractivity contribution < 1.29 is 9.59 Å². The number of ketones is 1. The van der Waals surface area contributed by atoms with Crippen LogP contribution in [0.3, 0.4) is 0 Å². The number of aryl methyl sites for hydroxylation is 1. The zero-order chi connectivity index (χ0) is 16.6. The molecule has 1 amide bonds. The van der Waals surface area contributed by atoms with Gasteiger partial charge in [-0.25, -0.2) is 0 Å². The molecule has 1 aromatic heterocycles. The summed E-state index contributed by atoms with van der Waals surface area (Å²) in [6.07, 6.45) is 3.11. The number of rotatable bonds is 2. The summed E-state index contributed by atoms with van der Waals surface area (Å²) >= 11 is 12.4. The van der Waals surface area contributed by atoms with Crippen molar-refractivity contribution in [3.63, 3.8) is 0 Å². The van der Waals surface area contributed by atoms with Gasteiger partial charge in [-0.1, -0.05) is 23.2 Å². The quantitative estimate of drug-likeness (QED) is 0.376. The van der Waals surface area contributed by atoms with E-state index < -0.39 is 0 Å². The Kier molecular flexibility index (Phi) is 4.28. The van der Waals surface area contributed by atoms with E-state index in [1.807, 2.05) is 4.57 Å². The lowest BCUT2D eigenvalue weighted by atomic mass is 10.0. The van der Waals surface area contributed by atoms with Gasteiger partial charge in [0.1, 0.15) is 12.0 Å². The van der Waals surface area contributed by atoms with Crippen molar-refractivity contribution in [2.75, 3.05) is 0 Å². The highest BCUT2D eigenvalue weighted by molar-refractivity contribution is 6.46. The highest BCUT2D eigenvalue weighted by Crippen LogP contribution is 2.37. The summed E-state index contributed by atoms with van der Waals surface area (Å²) in [5, 5.41) is 6.95. The van der Waals surface area contributed by atoms with Crippen LogP contribution >= 0.6 is 23.2 Å². The molecule has 2 aromatic rings. The van der Waals surface area contributed by atoms with Crippen molar-refractivity contribution in [1.82, 2.24) is 9.88 Å². The minimum atomic E-state index is -0.374. The molecule has 8 heteroatoms. The van der Waals surface area contributed by atoms with Gasteiger partial charge in [-0.3, -0.25) is 9.59 Å². The van der Waals surface area contributed by atoms with Gasteiger partial charge in [-0.15, -0.1) is 0 Å². The van der Waals surface area contributed by atoms with Crippen LogP contribution in [0.2, 0.25) is 10.0 Å². The number of nitrogens with zero attached hydrogens (tertiary/aromatic N) is 2. The predicted molar refractivity (Wildman–Crippen MR) is 90.3 cm³/mol. The maximum absolute atomic E-state index is 12.4. The van der Waals surface area contributed by atoms with Crippen LogP contribution in [0, 0.1) is 0 Å². The molecule has 1 aliphatic heterocycles. The summed E-state index contributed by atoms with van der Waals surface area (Å²) in [7, 11) is 0. The van der Waals surface area contributed by atoms with Crippen LogP contribution < -0.4 is 11.2 Å². The van der Waals surface area contributed by atoms with Gasteiger partial charge in [0.05, 0.1) is 15.6 Å². The highest BCUT2D eigenvalue weighted by Gasteiger charge is 2.24. The Morgan fingerprint density at radius 2 is 2.13 bits per heavy atom. The topological polar surface area (TPSA) is 89.5 Å². The molecule has 2 heterocycles. The number of benzene rings is 1. The summed E-state index contributed by atoms with van der Waals surface area (Å²) in [5.74, 6) is 4.64. The lowest BCUT2D eigenvalue weighted by Crippen LogP contribution is -2.25. The van der Waals surface area contributed by atoms with Gasteiger partial charge in [0.25, 0.3) is 5.91 Å². The van der Waals surface area contributed by atoms with Crippen molar-refractivity contribution in [3.8, 4) is 0 Å². The summed E-state index contributed by atoms with van der Waals surface area (Å²) in [4.78, 5) is 24.7. The molecule has 0 bridgehead atoms. The second-order valence-corrected chi connectivity index (χ2v) is 6.08. The van der Waals surface area contributed by atoms with E-state index in [4.69, 9.17) is 29.0 Å². The second kappa shape index (κ2) is 6.22. The fraction of sp³-hybridized carbons (Fsp3) is 0.267. The van der Waals surface area contributed by atoms with Gasteiger partial charge < -0.3 is 15.7 Å². The third kappa shape index (κ3) is 2.68. The largest absolute Gasteiger partial charge is 0.336 e. The van der Waals surface area contributed by atoms with Crippen LogP contribution in [0.4, 0.5) is 0 Å². The minimum absolute atomic E-state index is 0.00287. The molecule has 3 N–H and O–H groups in total. The summed E-state index contributed by atoms with van der Waals surface area (Å²) < 4.78 is 1.81. The molecular weight excluding hydrogens is 339 g/mol. The second-order valence-electron chi connectivity index (χ2n) is 5.30. The Labute approximate surface area is 142 Å². The molecule has 0 aliphatic carbocycles. The molecule has 0 atom stereocenters. The van der Waals surface area contributed by atoms with Crippen LogP contribution in [0.1, 0.15) is 40.1 Å². The Morgan fingerprint density at radius 1 is 1.35 bits per heavy atom. The molecule has 0 unspecified atom stereocenters. The summed E-state index contributed by atoms with van der Waals surface area (Å²) in [6.45, 7) is 0.615. The molecule has 0 spiro atoms. The van der Waals surface area contributed by atoms with Crippen molar-refractivity contribution in [3.05, 3.63) is 33.4 Å². The standard InChI is InChI=1S/C15H14Cl2N4O2/c16-10-5-8-12(22)3-1-2-4-21-11(15(23)19-7-20-18)6-9(13(10)17)14(8)21/h5-7H,1-4,18H2,(H,19,20,23). The summed E-state index contributed by atoms with van der Waals surface area (Å²) in [6, 6.07) is 3.23. The highest BCUT2D eigenvalue weighted by atomic mass is 35.5. The number of hydrogen-bond donors (Lipinski definition) is 2. The van der Waals surface area contributed by atoms with Gasteiger partial charge in [0.2, 0.25) is 0 Å². The third-order valence-electron chi connectivity index (χ3n) is 3.91. The number of Topliss-reactive ketones (excluding diaryl/α,β-unsaturated/α-hetero) is 1. The zero-order valence-corrected chi connectivity index (χ0v) is 13.6. The minimum Gasteiger partial charge on any atom is -0.336 e. The number of carbonyl (C=O) groups is 2. The zero-order valence-electron chi connectivity index (χ0n) is 12.1. The molecule has 23 heavy (non-hydrogen) atoms. The number of hydrazone groups is 1. The van der Waals surface area contributed by atoms with Gasteiger partial charge in [-0.05, 0) is 25.0 Å². The van der Waals surface area contributed by atoms with E-state index >= 15 is 0 Å². The van der Waals surface area contributed by atoms with Crippen LogP contribution in [0.5, 0.6) is 0 Å². The van der Waals surface area contributed by atoms with Gasteiger partial charge in [0, 0.05) is 23.9 Å². The molecule has 0 fully saturated rings. The number of hydrogen-bond acceptors (Lipinski definition) is 4. The first kappa shape index (κ1) is 15.8. The Morgan fingerprint density at radius 3 is 2.87 bits per heavy atom. The van der Waals surface area contributed by atoms with Crippen molar-refractivity contribution in [2.45, 2.75) is 25.8 Å². The first-order valence-corrected chi connectivity index (χ1v) is 7.87. The van der Waals surface area contributed by atoms with Crippen LogP contribution in [0.25, 0.3) is 10.9 Å². The van der Waals surface area contributed by atoms with E-state index in [1.54, 1.807) is 12.1 Å². The average molecular weight is 353 g/mol. The molecular formula is C15H14Cl2N4O2.